The SMILES string of the molecule is O=c1c(Cc2ccco2)nc2c(-c3ccc(F)cc3)[nH]c(-c3ccccc3)cn1-2. The van der Waals surface area contributed by atoms with Crippen LogP contribution in [0, 0.1) is 5.82 Å². The fourth-order valence-corrected chi connectivity index (χ4v) is 3.39. The molecule has 0 saturated carbocycles. The maximum atomic E-state index is 13.4. The molecule has 142 valence electrons. The summed E-state index contributed by atoms with van der Waals surface area (Å²) in [5, 5.41) is 0. The maximum Gasteiger partial charge on any atom is 0.278 e. The van der Waals surface area contributed by atoms with Crippen molar-refractivity contribution in [2.24, 2.45) is 0 Å². The molecule has 0 radical (unpaired) electrons. The molecule has 3 heterocycles. The molecule has 0 aliphatic carbocycles. The molecule has 0 atom stereocenters. The van der Waals surface area contributed by atoms with Crippen LogP contribution < -0.4 is 5.56 Å². The molecule has 29 heavy (non-hydrogen) atoms. The number of halogens is 1. The van der Waals surface area contributed by atoms with E-state index < -0.39 is 0 Å². The van der Waals surface area contributed by atoms with Gasteiger partial charge in [-0.25, -0.2) is 9.37 Å². The summed E-state index contributed by atoms with van der Waals surface area (Å²) in [7, 11) is 0. The van der Waals surface area contributed by atoms with Gasteiger partial charge in [-0.15, -0.1) is 0 Å². The maximum absolute atomic E-state index is 13.4. The zero-order valence-electron chi connectivity index (χ0n) is 15.3. The molecule has 2 aliphatic heterocycles. The third-order valence-electron chi connectivity index (χ3n) is 4.82. The Bertz CT molecular complexity index is 1290. The highest BCUT2D eigenvalue weighted by atomic mass is 19.1. The van der Waals surface area contributed by atoms with Crippen LogP contribution in [0.15, 0.2) is 88.4 Å². The Morgan fingerprint density at radius 1 is 0.966 bits per heavy atom. The first kappa shape index (κ1) is 17.2. The molecular formula is C23H16FN3O2. The van der Waals surface area contributed by atoms with E-state index >= 15 is 0 Å². The molecule has 1 N–H and O–H groups in total. The van der Waals surface area contributed by atoms with E-state index in [9.17, 15) is 9.18 Å². The van der Waals surface area contributed by atoms with E-state index in [1.165, 1.54) is 16.7 Å². The molecule has 2 aromatic carbocycles. The summed E-state index contributed by atoms with van der Waals surface area (Å²) in [5.74, 6) is 0.833. The van der Waals surface area contributed by atoms with Gasteiger partial charge in [0.15, 0.2) is 5.82 Å². The quantitative estimate of drug-likeness (QED) is 0.490. The number of hydrogen-bond donors (Lipinski definition) is 1. The van der Waals surface area contributed by atoms with E-state index in [-0.39, 0.29) is 11.4 Å². The van der Waals surface area contributed by atoms with Gasteiger partial charge in [0.2, 0.25) is 0 Å². The third-order valence-corrected chi connectivity index (χ3v) is 4.82. The number of furan rings is 1. The first-order valence-electron chi connectivity index (χ1n) is 9.17. The van der Waals surface area contributed by atoms with E-state index in [0.29, 0.717) is 29.4 Å². The number of nitrogens with zero attached hydrogens (tertiary/aromatic N) is 2. The first-order chi connectivity index (χ1) is 14.2. The first-order valence-corrected chi connectivity index (χ1v) is 9.17. The zero-order chi connectivity index (χ0) is 19.8. The third kappa shape index (κ3) is 3.14. The van der Waals surface area contributed by atoms with Gasteiger partial charge in [-0.3, -0.25) is 9.36 Å². The average Bonchev–Trinajstić information content (AvgIpc) is 3.37. The van der Waals surface area contributed by atoms with Crippen LogP contribution in [0.4, 0.5) is 4.39 Å². The van der Waals surface area contributed by atoms with Crippen LogP contribution in [-0.4, -0.2) is 14.5 Å². The van der Waals surface area contributed by atoms with Gasteiger partial charge in [0.25, 0.3) is 5.56 Å². The second kappa shape index (κ2) is 6.91. The lowest BCUT2D eigenvalue weighted by Crippen LogP contribution is -2.16. The summed E-state index contributed by atoms with van der Waals surface area (Å²) in [6.45, 7) is 0. The van der Waals surface area contributed by atoms with E-state index in [1.54, 1.807) is 30.7 Å². The highest BCUT2D eigenvalue weighted by molar-refractivity contribution is 5.72. The Morgan fingerprint density at radius 3 is 2.48 bits per heavy atom. The molecule has 5 rings (SSSR count). The van der Waals surface area contributed by atoms with Crippen LogP contribution in [0.1, 0.15) is 11.5 Å². The molecule has 0 fully saturated rings. The van der Waals surface area contributed by atoms with E-state index in [1.807, 2.05) is 36.4 Å². The van der Waals surface area contributed by atoms with Gasteiger partial charge in [-0.2, -0.15) is 0 Å². The average molecular weight is 385 g/mol. The molecule has 0 unspecified atom stereocenters. The minimum absolute atomic E-state index is 0.203. The smallest absolute Gasteiger partial charge is 0.278 e. The van der Waals surface area contributed by atoms with Crippen molar-refractivity contribution in [1.29, 1.82) is 0 Å². The van der Waals surface area contributed by atoms with E-state index in [0.717, 1.165) is 16.8 Å². The molecule has 0 spiro atoms. The largest absolute Gasteiger partial charge is 0.469 e. The lowest BCUT2D eigenvalue weighted by Gasteiger charge is -2.13. The Balaban J connectivity index is 1.74. The minimum atomic E-state index is -0.324. The Morgan fingerprint density at radius 2 is 1.76 bits per heavy atom. The number of aromatic amines is 1. The molecule has 5 nitrogen and oxygen atoms in total. The van der Waals surface area contributed by atoms with E-state index in [2.05, 4.69) is 9.97 Å². The highest BCUT2D eigenvalue weighted by Gasteiger charge is 2.21. The highest BCUT2D eigenvalue weighted by Crippen LogP contribution is 2.28. The summed E-state index contributed by atoms with van der Waals surface area (Å²) in [6.07, 6.45) is 3.62. The lowest BCUT2D eigenvalue weighted by atomic mass is 10.1. The summed E-state index contributed by atoms with van der Waals surface area (Å²) < 4.78 is 20.4. The predicted molar refractivity (Wildman–Crippen MR) is 108 cm³/mol. The number of H-pyrrole nitrogens is 1. The van der Waals surface area contributed by atoms with Crippen LogP contribution in [-0.2, 0) is 6.42 Å². The van der Waals surface area contributed by atoms with Crippen molar-refractivity contribution in [2.45, 2.75) is 6.42 Å². The van der Waals surface area contributed by atoms with Crippen LogP contribution >= 0.6 is 0 Å². The van der Waals surface area contributed by atoms with Gasteiger partial charge in [0.05, 0.1) is 24.1 Å². The predicted octanol–water partition coefficient (Wildman–Crippen LogP) is 4.66. The molecule has 0 amide bonds. The Kier molecular flexibility index (Phi) is 4.09. The van der Waals surface area contributed by atoms with Gasteiger partial charge >= 0.3 is 0 Å². The van der Waals surface area contributed by atoms with Gasteiger partial charge in [0.1, 0.15) is 17.3 Å². The zero-order valence-corrected chi connectivity index (χ0v) is 15.3. The molecule has 0 bridgehead atoms. The van der Waals surface area contributed by atoms with Crippen molar-refractivity contribution < 1.29 is 8.81 Å². The molecule has 2 aliphatic rings. The van der Waals surface area contributed by atoms with Crippen LogP contribution in [0.5, 0.6) is 0 Å². The summed E-state index contributed by atoms with van der Waals surface area (Å²) in [6, 6.07) is 19.4. The summed E-state index contributed by atoms with van der Waals surface area (Å²) in [5.41, 5.74) is 3.26. The van der Waals surface area contributed by atoms with Gasteiger partial charge < -0.3 is 9.40 Å². The van der Waals surface area contributed by atoms with Crippen molar-refractivity contribution >= 4 is 0 Å². The topological polar surface area (TPSA) is 63.8 Å². The number of imidazole rings is 1. The van der Waals surface area contributed by atoms with Gasteiger partial charge in [-0.05, 0) is 42.0 Å². The summed E-state index contributed by atoms with van der Waals surface area (Å²) >= 11 is 0. The Labute approximate surface area is 165 Å². The monoisotopic (exact) mass is 385 g/mol. The van der Waals surface area contributed by atoms with Crippen LogP contribution in [0.3, 0.4) is 0 Å². The fourth-order valence-electron chi connectivity index (χ4n) is 3.39. The normalized spacial score (nSPS) is 11.2. The second-order valence-electron chi connectivity index (χ2n) is 6.73. The number of rotatable bonds is 4. The lowest BCUT2D eigenvalue weighted by molar-refractivity contribution is 0.519. The minimum Gasteiger partial charge on any atom is -0.469 e. The van der Waals surface area contributed by atoms with Crippen molar-refractivity contribution in [3.63, 3.8) is 0 Å². The fraction of sp³-hybridized carbons (Fsp3) is 0.0435. The Hall–Kier alpha value is -3.93. The number of benzene rings is 2. The standard InChI is InChI=1S/C23H16FN3O2/c24-17-10-8-16(9-11-17)21-22-26-19(13-18-7-4-12-29-18)23(28)27(22)14-20(25-21)15-5-2-1-3-6-15/h1-12,14,25H,13H2. The molecule has 3 aromatic rings. The second-order valence-corrected chi connectivity index (χ2v) is 6.73. The van der Waals surface area contributed by atoms with E-state index in [4.69, 9.17) is 4.42 Å². The van der Waals surface area contributed by atoms with Gasteiger partial charge in [0, 0.05) is 11.8 Å². The van der Waals surface area contributed by atoms with Crippen molar-refractivity contribution in [1.82, 2.24) is 14.5 Å². The number of hydrogen-bond acceptors (Lipinski definition) is 3. The van der Waals surface area contributed by atoms with Gasteiger partial charge in [-0.1, -0.05) is 30.3 Å². The number of nitrogens with one attached hydrogen (secondary N) is 1. The van der Waals surface area contributed by atoms with Crippen molar-refractivity contribution in [3.8, 4) is 28.3 Å². The summed E-state index contributed by atoms with van der Waals surface area (Å²) in [4.78, 5) is 21.0. The van der Waals surface area contributed by atoms with Crippen molar-refractivity contribution in [3.05, 3.63) is 107 Å². The molecule has 0 saturated heterocycles. The number of aromatic nitrogens is 3. The van der Waals surface area contributed by atoms with Crippen LogP contribution in [0.25, 0.3) is 28.3 Å². The molecule has 6 heteroatoms. The van der Waals surface area contributed by atoms with Crippen molar-refractivity contribution in [2.75, 3.05) is 0 Å². The molecular weight excluding hydrogens is 369 g/mol. The van der Waals surface area contributed by atoms with Crippen LogP contribution in [0.2, 0.25) is 0 Å². The molecule has 1 aromatic heterocycles. The number of fused-ring (bicyclic) bond motifs is 1.